The van der Waals surface area contributed by atoms with Gasteiger partial charge in [-0.1, -0.05) is 89.8 Å². The third-order valence-electron chi connectivity index (χ3n) is 6.14. The summed E-state index contributed by atoms with van der Waals surface area (Å²) in [5, 5.41) is 23.4. The SMILES string of the molecule is COc1nc(O)c(C(c2ccccc2)C(O)C2=C=C=Cc3ccccc32)cc1-c1ccc(Cl)cc1. The highest BCUT2D eigenvalue weighted by atomic mass is 35.5. The zero-order valence-electron chi connectivity index (χ0n) is 18.9. The van der Waals surface area contributed by atoms with Gasteiger partial charge in [0, 0.05) is 27.6 Å². The van der Waals surface area contributed by atoms with E-state index >= 15 is 0 Å². The van der Waals surface area contributed by atoms with E-state index in [9.17, 15) is 10.2 Å². The number of aliphatic hydroxyl groups is 1. The number of aromatic nitrogens is 1. The predicted octanol–water partition coefficient (Wildman–Crippen LogP) is 6.47. The number of benzene rings is 3. The van der Waals surface area contributed by atoms with E-state index in [4.69, 9.17) is 16.3 Å². The fourth-order valence-electron chi connectivity index (χ4n) is 4.44. The first-order valence-electron chi connectivity index (χ1n) is 11.1. The number of pyridine rings is 1. The van der Waals surface area contributed by atoms with Crippen molar-refractivity contribution in [2.75, 3.05) is 7.11 Å². The van der Waals surface area contributed by atoms with Gasteiger partial charge in [-0.15, -0.1) is 0 Å². The van der Waals surface area contributed by atoms with Crippen LogP contribution in [0.4, 0.5) is 0 Å². The van der Waals surface area contributed by atoms with Gasteiger partial charge in [-0.05, 0) is 46.5 Å². The molecule has 0 radical (unpaired) electrons. The Balaban J connectivity index is 1.70. The number of hydrogen-bond acceptors (Lipinski definition) is 4. The average Bonchev–Trinajstić information content (AvgIpc) is 2.90. The van der Waals surface area contributed by atoms with Crippen LogP contribution in [0.2, 0.25) is 5.02 Å². The second-order valence-electron chi connectivity index (χ2n) is 8.21. The minimum atomic E-state index is -1.03. The molecule has 2 N–H and O–H groups in total. The lowest BCUT2D eigenvalue weighted by Crippen LogP contribution is -2.22. The van der Waals surface area contributed by atoms with Crippen LogP contribution >= 0.6 is 11.6 Å². The smallest absolute Gasteiger partial charge is 0.224 e. The Morgan fingerprint density at radius 2 is 1.63 bits per heavy atom. The molecule has 4 aromatic rings. The number of nitrogens with zero attached hydrogens (tertiary/aromatic N) is 1. The molecule has 0 bridgehead atoms. The molecule has 1 aliphatic carbocycles. The molecule has 2 atom stereocenters. The molecular formula is C30H22ClNO3. The Labute approximate surface area is 208 Å². The van der Waals surface area contributed by atoms with Crippen LogP contribution in [0.3, 0.4) is 0 Å². The Bertz CT molecular complexity index is 1480. The van der Waals surface area contributed by atoms with Crippen LogP contribution < -0.4 is 4.74 Å². The van der Waals surface area contributed by atoms with Crippen LogP contribution in [0.25, 0.3) is 22.8 Å². The maximum Gasteiger partial charge on any atom is 0.224 e. The summed E-state index contributed by atoms with van der Waals surface area (Å²) in [6.07, 6.45) is 0.813. The zero-order chi connectivity index (χ0) is 24.4. The van der Waals surface area contributed by atoms with Crippen LogP contribution in [-0.4, -0.2) is 28.4 Å². The first-order valence-corrected chi connectivity index (χ1v) is 11.5. The number of aliphatic hydroxyl groups excluding tert-OH is 1. The van der Waals surface area contributed by atoms with E-state index in [0.717, 1.165) is 22.3 Å². The lowest BCUT2D eigenvalue weighted by Gasteiger charge is -2.27. The quantitative estimate of drug-likeness (QED) is 0.311. The summed E-state index contributed by atoms with van der Waals surface area (Å²) in [4.78, 5) is 4.35. The number of hydrogen-bond donors (Lipinski definition) is 2. The number of aromatic hydroxyl groups is 1. The largest absolute Gasteiger partial charge is 0.493 e. The van der Waals surface area contributed by atoms with Crippen molar-refractivity contribution in [2.24, 2.45) is 0 Å². The van der Waals surface area contributed by atoms with Crippen LogP contribution in [0, 0.1) is 0 Å². The molecule has 1 aliphatic rings. The van der Waals surface area contributed by atoms with Crippen molar-refractivity contribution in [1.29, 1.82) is 0 Å². The van der Waals surface area contributed by atoms with E-state index in [2.05, 4.69) is 16.4 Å². The molecule has 0 saturated heterocycles. The van der Waals surface area contributed by atoms with Crippen molar-refractivity contribution < 1.29 is 14.9 Å². The predicted molar refractivity (Wildman–Crippen MR) is 139 cm³/mol. The fourth-order valence-corrected chi connectivity index (χ4v) is 4.57. The minimum Gasteiger partial charge on any atom is -0.493 e. The van der Waals surface area contributed by atoms with E-state index in [-0.39, 0.29) is 11.8 Å². The summed E-state index contributed by atoms with van der Waals surface area (Å²) in [6.45, 7) is 0. The van der Waals surface area contributed by atoms with Crippen molar-refractivity contribution >= 4 is 23.3 Å². The third kappa shape index (κ3) is 4.40. The van der Waals surface area contributed by atoms with Gasteiger partial charge in [-0.2, -0.15) is 4.98 Å². The van der Waals surface area contributed by atoms with Gasteiger partial charge in [-0.3, -0.25) is 0 Å². The molecule has 0 fully saturated rings. The van der Waals surface area contributed by atoms with Gasteiger partial charge in [0.25, 0.3) is 0 Å². The number of rotatable bonds is 6. The Morgan fingerprint density at radius 1 is 0.914 bits per heavy atom. The second-order valence-corrected chi connectivity index (χ2v) is 8.65. The lowest BCUT2D eigenvalue weighted by molar-refractivity contribution is 0.211. The first kappa shape index (κ1) is 22.7. The van der Waals surface area contributed by atoms with Crippen molar-refractivity contribution in [1.82, 2.24) is 4.98 Å². The van der Waals surface area contributed by atoms with E-state index < -0.39 is 12.0 Å². The van der Waals surface area contributed by atoms with E-state index in [1.807, 2.05) is 78.9 Å². The number of ether oxygens (including phenoxy) is 1. The molecule has 35 heavy (non-hydrogen) atoms. The first-order chi connectivity index (χ1) is 17.1. The summed E-state index contributed by atoms with van der Waals surface area (Å²) in [5.41, 5.74) is 11.4. The molecule has 4 nitrogen and oxygen atoms in total. The van der Waals surface area contributed by atoms with E-state index in [0.29, 0.717) is 21.7 Å². The molecule has 0 aliphatic heterocycles. The van der Waals surface area contributed by atoms with Gasteiger partial charge < -0.3 is 14.9 Å². The van der Waals surface area contributed by atoms with Crippen molar-refractivity contribution in [3.05, 3.63) is 124 Å². The summed E-state index contributed by atoms with van der Waals surface area (Å²) in [5.74, 6) is -0.562. The summed E-state index contributed by atoms with van der Waals surface area (Å²) >= 11 is 6.09. The van der Waals surface area contributed by atoms with Crippen LogP contribution in [0.1, 0.15) is 28.2 Å². The van der Waals surface area contributed by atoms with Crippen molar-refractivity contribution in [2.45, 2.75) is 12.0 Å². The standard InChI is InChI=1S/C30H22ClNO3/c1-35-30-25(20-14-16-22(31)17-15-20)18-26(29(34)32-30)27(21-9-3-2-4-10-21)28(33)24-13-7-11-19-8-5-6-12-23(19)24/h2-6,8-12,14-18,27-28,33H,1H3,(H,32,34). The molecular weight excluding hydrogens is 458 g/mol. The molecule has 1 heterocycles. The number of fused-ring (bicyclic) bond motifs is 1. The maximum absolute atomic E-state index is 11.8. The van der Waals surface area contributed by atoms with Crippen LogP contribution in [-0.2, 0) is 0 Å². The van der Waals surface area contributed by atoms with Gasteiger partial charge in [0.05, 0.1) is 13.2 Å². The fraction of sp³-hybridized carbons (Fsp3) is 0.100. The Morgan fingerprint density at radius 3 is 2.37 bits per heavy atom. The van der Waals surface area contributed by atoms with E-state index in [1.165, 1.54) is 7.11 Å². The van der Waals surface area contributed by atoms with Gasteiger partial charge in [0.1, 0.15) is 0 Å². The molecule has 5 heteroatoms. The Kier molecular flexibility index (Phi) is 6.29. The summed E-state index contributed by atoms with van der Waals surface area (Å²) in [7, 11) is 1.51. The van der Waals surface area contributed by atoms with Gasteiger partial charge in [0.2, 0.25) is 11.8 Å². The highest BCUT2D eigenvalue weighted by Gasteiger charge is 2.32. The van der Waals surface area contributed by atoms with Crippen molar-refractivity contribution in [3.8, 4) is 22.9 Å². The van der Waals surface area contributed by atoms with Gasteiger partial charge >= 0.3 is 0 Å². The minimum absolute atomic E-state index is 0.211. The van der Waals surface area contributed by atoms with Gasteiger partial charge in [-0.25, -0.2) is 0 Å². The molecule has 1 aromatic heterocycles. The molecule has 5 rings (SSSR count). The normalized spacial score (nSPS) is 13.6. The van der Waals surface area contributed by atoms with E-state index in [1.54, 1.807) is 12.1 Å². The highest BCUT2D eigenvalue weighted by molar-refractivity contribution is 6.30. The number of halogens is 1. The second kappa shape index (κ2) is 9.68. The van der Waals surface area contributed by atoms with Gasteiger partial charge in [0.15, 0.2) is 0 Å². The molecule has 2 unspecified atom stereocenters. The molecule has 0 amide bonds. The van der Waals surface area contributed by atoms with Crippen LogP contribution in [0.5, 0.6) is 11.8 Å². The molecule has 172 valence electrons. The van der Waals surface area contributed by atoms with Crippen LogP contribution in [0.15, 0.2) is 96.4 Å². The molecule has 0 saturated carbocycles. The summed E-state index contributed by atoms with van der Waals surface area (Å²) in [6, 6.07) is 26.5. The molecule has 3 aromatic carbocycles. The highest BCUT2D eigenvalue weighted by Crippen LogP contribution is 2.42. The Hall–Kier alpha value is -4.04. The lowest BCUT2D eigenvalue weighted by atomic mass is 9.80. The summed E-state index contributed by atoms with van der Waals surface area (Å²) < 4.78 is 5.48. The maximum atomic E-state index is 11.8. The molecule has 0 spiro atoms. The van der Waals surface area contributed by atoms with Crippen molar-refractivity contribution in [3.63, 3.8) is 0 Å². The average molecular weight is 480 g/mol. The third-order valence-corrected chi connectivity index (χ3v) is 6.39. The zero-order valence-corrected chi connectivity index (χ0v) is 19.7. The number of methoxy groups -OCH3 is 1. The topological polar surface area (TPSA) is 62.6 Å². The monoisotopic (exact) mass is 479 g/mol.